The summed E-state index contributed by atoms with van der Waals surface area (Å²) in [5.74, 6) is 0. The average Bonchev–Trinajstić information content (AvgIpc) is 2.75. The number of nitrogens with zero attached hydrogens (tertiary/aromatic N) is 2. The van der Waals surface area contributed by atoms with Gasteiger partial charge in [0.15, 0.2) is 5.16 Å². The Bertz CT molecular complexity index is 453. The number of benzene rings is 1. The van der Waals surface area contributed by atoms with Gasteiger partial charge in [-0.3, -0.25) is 5.10 Å². The van der Waals surface area contributed by atoms with Crippen LogP contribution in [0.5, 0.6) is 0 Å². The standard InChI is InChI=1S/C11H14N4S/c1-8-6-10(3-2-9(8)4-5-12)16-11-13-7-14-15-11/h2-3,6-7H,4-5,12H2,1H3,(H,13,14,15). The third-order valence-corrected chi connectivity index (χ3v) is 3.21. The van der Waals surface area contributed by atoms with E-state index in [9.17, 15) is 0 Å². The van der Waals surface area contributed by atoms with E-state index in [1.54, 1.807) is 11.8 Å². The predicted molar refractivity (Wildman–Crippen MR) is 64.4 cm³/mol. The first kappa shape index (κ1) is 11.2. The summed E-state index contributed by atoms with van der Waals surface area (Å²) in [7, 11) is 0. The molecule has 0 aliphatic heterocycles. The van der Waals surface area contributed by atoms with Crippen molar-refractivity contribution in [1.29, 1.82) is 0 Å². The van der Waals surface area contributed by atoms with E-state index in [0.29, 0.717) is 6.54 Å². The van der Waals surface area contributed by atoms with Gasteiger partial charge >= 0.3 is 0 Å². The molecule has 1 aromatic carbocycles. The maximum Gasteiger partial charge on any atom is 0.188 e. The molecule has 0 spiro atoms. The molecule has 0 aliphatic carbocycles. The van der Waals surface area contributed by atoms with Crippen LogP contribution in [-0.2, 0) is 6.42 Å². The predicted octanol–water partition coefficient (Wildman–Crippen LogP) is 1.77. The second-order valence-corrected chi connectivity index (χ2v) is 4.58. The fourth-order valence-corrected chi connectivity index (χ4v) is 2.32. The summed E-state index contributed by atoms with van der Waals surface area (Å²) >= 11 is 1.57. The van der Waals surface area contributed by atoms with Gasteiger partial charge in [0.05, 0.1) is 0 Å². The zero-order chi connectivity index (χ0) is 11.4. The van der Waals surface area contributed by atoms with Crippen molar-refractivity contribution < 1.29 is 0 Å². The average molecular weight is 234 g/mol. The molecule has 4 nitrogen and oxygen atoms in total. The third kappa shape index (κ3) is 2.62. The minimum Gasteiger partial charge on any atom is -0.330 e. The van der Waals surface area contributed by atoms with Crippen molar-refractivity contribution in [3.63, 3.8) is 0 Å². The van der Waals surface area contributed by atoms with Gasteiger partial charge in [-0.25, -0.2) is 4.98 Å². The van der Waals surface area contributed by atoms with Crippen LogP contribution < -0.4 is 5.73 Å². The molecule has 1 aromatic heterocycles. The number of aryl methyl sites for hydroxylation is 1. The molecular formula is C11H14N4S. The Hall–Kier alpha value is -1.33. The van der Waals surface area contributed by atoms with Crippen LogP contribution in [-0.4, -0.2) is 21.7 Å². The Morgan fingerprint density at radius 2 is 2.31 bits per heavy atom. The lowest BCUT2D eigenvalue weighted by Crippen LogP contribution is -2.03. The second-order valence-electron chi connectivity index (χ2n) is 3.52. The first-order valence-corrected chi connectivity index (χ1v) is 5.94. The minimum absolute atomic E-state index is 0.690. The van der Waals surface area contributed by atoms with Crippen molar-refractivity contribution in [3.05, 3.63) is 35.7 Å². The fraction of sp³-hybridized carbons (Fsp3) is 0.273. The molecule has 0 atom stereocenters. The third-order valence-electron chi connectivity index (χ3n) is 2.34. The van der Waals surface area contributed by atoms with Crippen LogP contribution in [0, 0.1) is 6.92 Å². The first-order chi connectivity index (χ1) is 7.79. The van der Waals surface area contributed by atoms with Crippen molar-refractivity contribution in [2.75, 3.05) is 6.54 Å². The summed E-state index contributed by atoms with van der Waals surface area (Å²) in [6.07, 6.45) is 2.44. The fourth-order valence-electron chi connectivity index (χ4n) is 1.52. The number of H-pyrrole nitrogens is 1. The maximum absolute atomic E-state index is 5.55. The monoisotopic (exact) mass is 234 g/mol. The second kappa shape index (κ2) is 5.14. The minimum atomic E-state index is 0.690. The van der Waals surface area contributed by atoms with Gasteiger partial charge in [0, 0.05) is 4.90 Å². The number of hydrogen-bond donors (Lipinski definition) is 2. The number of aromatic amines is 1. The maximum atomic E-state index is 5.55. The molecular weight excluding hydrogens is 220 g/mol. The van der Waals surface area contributed by atoms with Crippen LogP contribution in [0.2, 0.25) is 0 Å². The van der Waals surface area contributed by atoms with E-state index >= 15 is 0 Å². The van der Waals surface area contributed by atoms with E-state index in [4.69, 9.17) is 5.73 Å². The summed E-state index contributed by atoms with van der Waals surface area (Å²) < 4.78 is 0. The van der Waals surface area contributed by atoms with Crippen molar-refractivity contribution in [1.82, 2.24) is 15.2 Å². The van der Waals surface area contributed by atoms with Gasteiger partial charge in [-0.1, -0.05) is 17.8 Å². The largest absolute Gasteiger partial charge is 0.330 e. The lowest BCUT2D eigenvalue weighted by Gasteiger charge is -2.06. The van der Waals surface area contributed by atoms with Gasteiger partial charge in [0.25, 0.3) is 0 Å². The highest BCUT2D eigenvalue weighted by Gasteiger charge is 2.03. The topological polar surface area (TPSA) is 67.6 Å². The Labute approximate surface area is 98.7 Å². The smallest absolute Gasteiger partial charge is 0.188 e. The zero-order valence-corrected chi connectivity index (χ0v) is 9.92. The molecule has 0 saturated carbocycles. The molecule has 0 aliphatic rings. The van der Waals surface area contributed by atoms with Crippen LogP contribution in [0.3, 0.4) is 0 Å². The van der Waals surface area contributed by atoms with Crippen LogP contribution in [0.25, 0.3) is 0 Å². The molecule has 0 amide bonds. The van der Waals surface area contributed by atoms with Gasteiger partial charge in [-0.15, -0.1) is 0 Å². The van der Waals surface area contributed by atoms with Crippen molar-refractivity contribution in [2.24, 2.45) is 5.73 Å². The van der Waals surface area contributed by atoms with Crippen molar-refractivity contribution in [3.8, 4) is 0 Å². The van der Waals surface area contributed by atoms with Crippen LogP contribution >= 0.6 is 11.8 Å². The summed E-state index contributed by atoms with van der Waals surface area (Å²) in [5.41, 5.74) is 8.13. The molecule has 84 valence electrons. The molecule has 2 aromatic rings. The lowest BCUT2D eigenvalue weighted by molar-refractivity contribution is 0.952. The van der Waals surface area contributed by atoms with Crippen molar-refractivity contribution in [2.45, 2.75) is 23.4 Å². The highest BCUT2D eigenvalue weighted by molar-refractivity contribution is 7.99. The molecule has 3 N–H and O–H groups in total. The molecule has 0 saturated heterocycles. The number of hydrogen-bond acceptors (Lipinski definition) is 4. The van der Waals surface area contributed by atoms with E-state index in [1.807, 2.05) is 0 Å². The SMILES string of the molecule is Cc1cc(Sc2ncn[nH]2)ccc1CCN. The quantitative estimate of drug-likeness (QED) is 0.846. The molecule has 0 bridgehead atoms. The highest BCUT2D eigenvalue weighted by Crippen LogP contribution is 2.25. The van der Waals surface area contributed by atoms with E-state index in [0.717, 1.165) is 16.5 Å². The Morgan fingerprint density at radius 3 is 2.94 bits per heavy atom. The molecule has 2 rings (SSSR count). The van der Waals surface area contributed by atoms with Gasteiger partial charge in [-0.05, 0) is 43.1 Å². The molecule has 1 heterocycles. The van der Waals surface area contributed by atoms with Gasteiger partial charge in [0.1, 0.15) is 6.33 Å². The number of rotatable bonds is 4. The first-order valence-electron chi connectivity index (χ1n) is 5.12. The Kier molecular flexibility index (Phi) is 3.58. The molecule has 16 heavy (non-hydrogen) atoms. The molecule has 5 heteroatoms. The lowest BCUT2D eigenvalue weighted by atomic mass is 10.1. The summed E-state index contributed by atoms with van der Waals surface area (Å²) in [5, 5.41) is 7.45. The van der Waals surface area contributed by atoms with Crippen LogP contribution in [0.1, 0.15) is 11.1 Å². The summed E-state index contributed by atoms with van der Waals surface area (Å²) in [4.78, 5) is 5.24. The Balaban J connectivity index is 2.15. The summed E-state index contributed by atoms with van der Waals surface area (Å²) in [6.45, 7) is 2.80. The number of nitrogens with two attached hydrogens (primary N) is 1. The number of nitrogens with one attached hydrogen (secondary N) is 1. The summed E-state index contributed by atoms with van der Waals surface area (Å²) in [6, 6.07) is 6.37. The van der Waals surface area contributed by atoms with Crippen LogP contribution in [0.4, 0.5) is 0 Å². The molecule has 0 fully saturated rings. The van der Waals surface area contributed by atoms with Crippen molar-refractivity contribution >= 4 is 11.8 Å². The van der Waals surface area contributed by atoms with E-state index in [1.165, 1.54) is 17.5 Å². The van der Waals surface area contributed by atoms with Gasteiger partial charge in [-0.2, -0.15) is 5.10 Å². The van der Waals surface area contributed by atoms with Crippen LogP contribution in [0.15, 0.2) is 34.6 Å². The molecule has 0 radical (unpaired) electrons. The van der Waals surface area contributed by atoms with E-state index in [-0.39, 0.29) is 0 Å². The van der Waals surface area contributed by atoms with Gasteiger partial charge < -0.3 is 5.73 Å². The van der Waals surface area contributed by atoms with E-state index < -0.39 is 0 Å². The zero-order valence-electron chi connectivity index (χ0n) is 9.10. The normalized spacial score (nSPS) is 10.6. The number of aromatic nitrogens is 3. The highest BCUT2D eigenvalue weighted by atomic mass is 32.2. The molecule has 0 unspecified atom stereocenters. The van der Waals surface area contributed by atoms with E-state index in [2.05, 4.69) is 40.3 Å². The van der Waals surface area contributed by atoms with Gasteiger partial charge in [0.2, 0.25) is 0 Å². The Morgan fingerprint density at radius 1 is 1.44 bits per heavy atom.